The number of nitrogens with one attached hydrogen (secondary N) is 1. The third-order valence-corrected chi connectivity index (χ3v) is 3.56. The van der Waals surface area contributed by atoms with Crippen molar-refractivity contribution in [2.45, 2.75) is 6.42 Å². The second-order valence-electron chi connectivity index (χ2n) is 4.95. The predicted molar refractivity (Wildman–Crippen MR) is 80.0 cm³/mol. The molecule has 1 saturated heterocycles. The van der Waals surface area contributed by atoms with Gasteiger partial charge in [-0.1, -0.05) is 18.2 Å². The summed E-state index contributed by atoms with van der Waals surface area (Å²) >= 11 is 0. The summed E-state index contributed by atoms with van der Waals surface area (Å²) in [6.45, 7) is 3.25. The zero-order chi connectivity index (χ0) is 14.5. The molecule has 1 amide bonds. The van der Waals surface area contributed by atoms with Crippen molar-refractivity contribution in [2.75, 3.05) is 38.2 Å². The normalized spacial score (nSPS) is 15.1. The minimum atomic E-state index is 0.164. The van der Waals surface area contributed by atoms with E-state index in [-0.39, 0.29) is 5.91 Å². The fraction of sp³-hybridized carbons (Fsp3) is 0.400. The Labute approximate surface area is 123 Å². The monoisotopic (exact) mass is 286 g/mol. The lowest BCUT2D eigenvalue weighted by Gasteiger charge is -2.26. The van der Waals surface area contributed by atoms with Gasteiger partial charge in [0.2, 0.25) is 5.91 Å². The molecular formula is C15H18N4O2. The standard InChI is InChI=1S/C15H18N4O2/c20-15(19-7-9-21-10-8-19)5-6-16-14-11-17-18-13-4-2-1-3-12(13)14/h1-4,11H,5-10H2,(H,16,18). The topological polar surface area (TPSA) is 67.4 Å². The Hall–Kier alpha value is -2.21. The van der Waals surface area contributed by atoms with Crippen LogP contribution in [-0.2, 0) is 9.53 Å². The Morgan fingerprint density at radius 3 is 2.95 bits per heavy atom. The average molecular weight is 286 g/mol. The van der Waals surface area contributed by atoms with Gasteiger partial charge in [-0.05, 0) is 6.07 Å². The van der Waals surface area contributed by atoms with Gasteiger partial charge in [0.15, 0.2) is 0 Å². The van der Waals surface area contributed by atoms with Crippen LogP contribution in [0.1, 0.15) is 6.42 Å². The number of nitrogens with zero attached hydrogens (tertiary/aromatic N) is 3. The zero-order valence-electron chi connectivity index (χ0n) is 11.8. The van der Waals surface area contributed by atoms with Gasteiger partial charge in [-0.3, -0.25) is 4.79 Å². The summed E-state index contributed by atoms with van der Waals surface area (Å²) in [5, 5.41) is 12.4. The fourth-order valence-electron chi connectivity index (χ4n) is 2.42. The highest BCUT2D eigenvalue weighted by molar-refractivity contribution is 5.90. The molecule has 3 rings (SSSR count). The van der Waals surface area contributed by atoms with E-state index in [0.29, 0.717) is 39.3 Å². The summed E-state index contributed by atoms with van der Waals surface area (Å²) in [6, 6.07) is 7.82. The minimum Gasteiger partial charge on any atom is -0.383 e. The number of rotatable bonds is 4. The van der Waals surface area contributed by atoms with Gasteiger partial charge in [0.05, 0.1) is 30.6 Å². The minimum absolute atomic E-state index is 0.164. The highest BCUT2D eigenvalue weighted by Crippen LogP contribution is 2.19. The highest BCUT2D eigenvalue weighted by atomic mass is 16.5. The van der Waals surface area contributed by atoms with E-state index < -0.39 is 0 Å². The lowest BCUT2D eigenvalue weighted by Crippen LogP contribution is -2.41. The largest absolute Gasteiger partial charge is 0.383 e. The molecule has 21 heavy (non-hydrogen) atoms. The Morgan fingerprint density at radius 1 is 1.29 bits per heavy atom. The number of amides is 1. The van der Waals surface area contributed by atoms with Gasteiger partial charge in [-0.15, -0.1) is 0 Å². The summed E-state index contributed by atoms with van der Waals surface area (Å²) in [5.41, 5.74) is 1.76. The third kappa shape index (κ3) is 3.28. The molecule has 1 fully saturated rings. The van der Waals surface area contributed by atoms with Crippen LogP contribution < -0.4 is 5.32 Å². The summed E-state index contributed by atoms with van der Waals surface area (Å²) in [6.07, 6.45) is 2.16. The Morgan fingerprint density at radius 2 is 2.10 bits per heavy atom. The van der Waals surface area contributed by atoms with Crippen LogP contribution in [0, 0.1) is 0 Å². The van der Waals surface area contributed by atoms with Crippen LogP contribution in [0.5, 0.6) is 0 Å². The molecule has 1 N–H and O–H groups in total. The lowest BCUT2D eigenvalue weighted by molar-refractivity contribution is -0.134. The molecule has 6 nitrogen and oxygen atoms in total. The maximum Gasteiger partial charge on any atom is 0.224 e. The third-order valence-electron chi connectivity index (χ3n) is 3.56. The molecule has 0 unspecified atom stereocenters. The van der Waals surface area contributed by atoms with Crippen LogP contribution in [0.25, 0.3) is 10.9 Å². The number of morpholine rings is 1. The van der Waals surface area contributed by atoms with Crippen LogP contribution >= 0.6 is 0 Å². The van der Waals surface area contributed by atoms with E-state index in [0.717, 1.165) is 16.6 Å². The number of fused-ring (bicyclic) bond motifs is 1. The van der Waals surface area contributed by atoms with E-state index in [2.05, 4.69) is 15.5 Å². The fourth-order valence-corrected chi connectivity index (χ4v) is 2.42. The van der Waals surface area contributed by atoms with E-state index in [4.69, 9.17) is 4.74 Å². The van der Waals surface area contributed by atoms with Crippen molar-refractivity contribution in [1.29, 1.82) is 0 Å². The highest BCUT2D eigenvalue weighted by Gasteiger charge is 2.16. The Balaban J connectivity index is 1.58. The van der Waals surface area contributed by atoms with Crippen LogP contribution in [0.15, 0.2) is 30.5 Å². The second-order valence-corrected chi connectivity index (χ2v) is 4.95. The lowest BCUT2D eigenvalue weighted by atomic mass is 10.2. The molecule has 1 aliphatic heterocycles. The van der Waals surface area contributed by atoms with E-state index in [1.54, 1.807) is 6.20 Å². The van der Waals surface area contributed by atoms with Crippen LogP contribution in [0.4, 0.5) is 5.69 Å². The molecule has 0 aliphatic carbocycles. The van der Waals surface area contributed by atoms with E-state index >= 15 is 0 Å². The molecule has 0 saturated carbocycles. The SMILES string of the molecule is O=C(CCNc1cnnc2ccccc12)N1CCOCC1. The van der Waals surface area contributed by atoms with E-state index in [1.807, 2.05) is 29.2 Å². The van der Waals surface area contributed by atoms with Crippen LogP contribution in [0.2, 0.25) is 0 Å². The van der Waals surface area contributed by atoms with Gasteiger partial charge in [-0.2, -0.15) is 10.2 Å². The summed E-state index contributed by atoms with van der Waals surface area (Å²) in [7, 11) is 0. The van der Waals surface area contributed by atoms with Crippen LogP contribution in [0.3, 0.4) is 0 Å². The maximum absolute atomic E-state index is 12.1. The molecule has 2 aromatic rings. The smallest absolute Gasteiger partial charge is 0.224 e. The first-order valence-corrected chi connectivity index (χ1v) is 7.14. The molecule has 6 heteroatoms. The molecule has 1 aliphatic rings. The van der Waals surface area contributed by atoms with Crippen LogP contribution in [-0.4, -0.2) is 53.9 Å². The second kappa shape index (κ2) is 6.49. The number of benzene rings is 1. The summed E-state index contributed by atoms with van der Waals surface area (Å²) < 4.78 is 5.25. The van der Waals surface area contributed by atoms with Crippen molar-refractivity contribution in [3.63, 3.8) is 0 Å². The van der Waals surface area contributed by atoms with E-state index in [9.17, 15) is 4.79 Å². The number of aromatic nitrogens is 2. The molecular weight excluding hydrogens is 268 g/mol. The number of carbonyl (C=O) groups excluding carboxylic acids is 1. The molecule has 1 aromatic heterocycles. The number of carbonyl (C=O) groups is 1. The van der Waals surface area contributed by atoms with Gasteiger partial charge < -0.3 is 15.0 Å². The Kier molecular flexibility index (Phi) is 4.25. The van der Waals surface area contributed by atoms with Gasteiger partial charge in [0.25, 0.3) is 0 Å². The molecule has 0 radical (unpaired) electrons. The quantitative estimate of drug-likeness (QED) is 0.917. The molecule has 0 bridgehead atoms. The average Bonchev–Trinajstić information content (AvgIpc) is 2.56. The zero-order valence-corrected chi connectivity index (χ0v) is 11.8. The number of hydrogen-bond acceptors (Lipinski definition) is 5. The van der Waals surface area contributed by atoms with Gasteiger partial charge in [0, 0.05) is 31.4 Å². The van der Waals surface area contributed by atoms with Crippen molar-refractivity contribution in [3.05, 3.63) is 30.5 Å². The van der Waals surface area contributed by atoms with Gasteiger partial charge >= 0.3 is 0 Å². The molecule has 0 spiro atoms. The first-order valence-electron chi connectivity index (χ1n) is 7.14. The number of hydrogen-bond donors (Lipinski definition) is 1. The number of anilines is 1. The summed E-state index contributed by atoms with van der Waals surface area (Å²) in [4.78, 5) is 13.9. The first-order chi connectivity index (χ1) is 10.3. The Bertz CT molecular complexity index is 621. The maximum atomic E-state index is 12.1. The molecule has 2 heterocycles. The predicted octanol–water partition coefficient (Wildman–Crippen LogP) is 1.29. The number of ether oxygens (including phenoxy) is 1. The van der Waals surface area contributed by atoms with Crippen molar-refractivity contribution < 1.29 is 9.53 Å². The van der Waals surface area contributed by atoms with Crippen molar-refractivity contribution in [2.24, 2.45) is 0 Å². The van der Waals surface area contributed by atoms with Gasteiger partial charge in [0.1, 0.15) is 0 Å². The van der Waals surface area contributed by atoms with Gasteiger partial charge in [-0.25, -0.2) is 0 Å². The molecule has 1 aromatic carbocycles. The van der Waals surface area contributed by atoms with Crippen molar-refractivity contribution >= 4 is 22.5 Å². The molecule has 110 valence electrons. The summed E-state index contributed by atoms with van der Waals surface area (Å²) in [5.74, 6) is 0.164. The molecule has 0 atom stereocenters. The van der Waals surface area contributed by atoms with Crippen molar-refractivity contribution in [3.8, 4) is 0 Å². The van der Waals surface area contributed by atoms with Crippen molar-refractivity contribution in [1.82, 2.24) is 15.1 Å². The first kappa shape index (κ1) is 13.8. The van der Waals surface area contributed by atoms with E-state index in [1.165, 1.54) is 0 Å².